The Labute approximate surface area is 140 Å². The van der Waals surface area contributed by atoms with Crippen LogP contribution in [0.5, 0.6) is 5.75 Å². The Kier molecular flexibility index (Phi) is 5.51. The highest BCUT2D eigenvalue weighted by Gasteiger charge is 2.14. The molecule has 0 aliphatic heterocycles. The highest BCUT2D eigenvalue weighted by atomic mass is 16.5. The first-order chi connectivity index (χ1) is 11.4. The largest absolute Gasteiger partial charge is 0.489 e. The van der Waals surface area contributed by atoms with Crippen LogP contribution in [0.25, 0.3) is 0 Å². The van der Waals surface area contributed by atoms with Crippen LogP contribution in [0.15, 0.2) is 42.5 Å². The van der Waals surface area contributed by atoms with E-state index >= 15 is 0 Å². The molecule has 2 rings (SSSR count). The highest BCUT2D eigenvalue weighted by Crippen LogP contribution is 2.24. The Bertz CT molecular complexity index is 761. The Balaban J connectivity index is 2.18. The zero-order valence-corrected chi connectivity index (χ0v) is 13.6. The number of ketones is 1. The molecule has 24 heavy (non-hydrogen) atoms. The van der Waals surface area contributed by atoms with Crippen LogP contribution in [-0.2, 0) is 6.61 Å². The van der Waals surface area contributed by atoms with E-state index in [0.717, 1.165) is 16.1 Å². The number of Topliss-reactive ketones (excluding diaryl/α,β-unsaturated/α-hetero) is 1. The predicted octanol–water partition coefficient (Wildman–Crippen LogP) is 2.04. The molecule has 0 unspecified atom stereocenters. The van der Waals surface area contributed by atoms with Crippen LogP contribution in [0.1, 0.15) is 28.4 Å². The van der Waals surface area contributed by atoms with E-state index in [1.807, 2.05) is 18.4 Å². The number of nitrogens with zero attached hydrogens (tertiary/aromatic N) is 1. The van der Waals surface area contributed by atoms with Gasteiger partial charge in [0.05, 0.1) is 5.69 Å². The van der Waals surface area contributed by atoms with E-state index in [1.54, 1.807) is 36.4 Å². The molecule has 0 radical (unpaired) electrons. The van der Waals surface area contributed by atoms with Gasteiger partial charge in [-0.2, -0.15) is 0 Å². The molecule has 2 amide bonds. The fraction of sp³-hybridized carbons (Fsp3) is 0.176. The Morgan fingerprint density at radius 3 is 2.54 bits per heavy atom. The minimum atomic E-state index is -0.635. The monoisotopic (exact) mass is 328 g/mol. The summed E-state index contributed by atoms with van der Waals surface area (Å²) in [6.45, 7) is 3.59. The number of nitrogens with one attached hydrogen (secondary N) is 1. The van der Waals surface area contributed by atoms with Crippen molar-refractivity contribution in [3.05, 3.63) is 59.2 Å². The summed E-state index contributed by atoms with van der Waals surface area (Å²) in [7, 11) is 0. The van der Waals surface area contributed by atoms with Crippen LogP contribution in [0.4, 0.5) is 10.5 Å². The van der Waals surface area contributed by atoms with E-state index in [1.165, 1.54) is 6.92 Å². The van der Waals surface area contributed by atoms with Crippen LogP contribution in [0.3, 0.4) is 0 Å². The van der Waals surface area contributed by atoms with Crippen molar-refractivity contribution in [1.82, 2.24) is 5.43 Å². The Morgan fingerprint density at radius 1 is 1.21 bits per heavy atom. The van der Waals surface area contributed by atoms with Crippen LogP contribution in [-0.4, -0.2) is 11.8 Å². The summed E-state index contributed by atoms with van der Waals surface area (Å²) >= 11 is 0. The van der Waals surface area contributed by atoms with Crippen molar-refractivity contribution in [1.29, 1.82) is 0 Å². The van der Waals surface area contributed by atoms with Gasteiger partial charge >= 0.3 is 6.03 Å². The molecule has 0 saturated heterocycles. The third-order valence-electron chi connectivity index (χ3n) is 3.56. The smallest absolute Gasteiger partial charge is 0.350 e. The maximum absolute atomic E-state index is 11.6. The zero-order chi connectivity index (χ0) is 17.7. The summed E-state index contributed by atoms with van der Waals surface area (Å²) in [6.07, 6.45) is 0. The van der Waals surface area contributed by atoms with Crippen molar-refractivity contribution in [2.45, 2.75) is 20.5 Å². The first-order valence-electron chi connectivity index (χ1n) is 7.31. The fourth-order valence-corrected chi connectivity index (χ4v) is 2.23. The second-order valence-electron chi connectivity index (χ2n) is 5.27. The summed E-state index contributed by atoms with van der Waals surface area (Å²) in [5.41, 5.74) is 4.67. The van der Waals surface area contributed by atoms with Crippen LogP contribution < -0.4 is 26.9 Å². The van der Waals surface area contributed by atoms with Gasteiger partial charge in [0.15, 0.2) is 5.78 Å². The molecule has 0 aliphatic rings. The number of urea groups is 1. The molecular weight excluding hydrogens is 308 g/mol. The predicted molar refractivity (Wildman–Crippen MR) is 91.3 cm³/mol. The van der Waals surface area contributed by atoms with E-state index < -0.39 is 6.03 Å². The number of benzene rings is 2. The molecule has 0 heterocycles. The molecular formula is C17H20N4O3. The Morgan fingerprint density at radius 2 is 1.92 bits per heavy atom. The number of anilines is 1. The lowest BCUT2D eigenvalue weighted by atomic mass is 10.1. The number of hydrazine groups is 2. The van der Waals surface area contributed by atoms with Gasteiger partial charge in [0.25, 0.3) is 0 Å². The lowest BCUT2D eigenvalue weighted by Gasteiger charge is -2.19. The van der Waals surface area contributed by atoms with Crippen molar-refractivity contribution in [2.75, 3.05) is 5.01 Å². The average Bonchev–Trinajstić information content (AvgIpc) is 2.59. The summed E-state index contributed by atoms with van der Waals surface area (Å²) in [6, 6.07) is 11.7. The standard InChI is InChI=1S/C17H20N4O3/c1-11-9-13(12(2)22)7-8-16(11)24-10-14-5-3-4-6-15(14)21(19)17(23)20-18/h3-9H,10,18-19H2,1-2H3,(H,20,23). The van der Waals surface area contributed by atoms with Gasteiger partial charge in [-0.15, -0.1) is 0 Å². The van der Waals surface area contributed by atoms with Crippen molar-refractivity contribution in [3.8, 4) is 5.75 Å². The van der Waals surface area contributed by atoms with E-state index in [-0.39, 0.29) is 12.4 Å². The average molecular weight is 328 g/mol. The zero-order valence-electron chi connectivity index (χ0n) is 13.6. The highest BCUT2D eigenvalue weighted by molar-refractivity contribution is 5.94. The number of ether oxygens (including phenoxy) is 1. The molecule has 0 atom stereocenters. The number of hydrogen-bond donors (Lipinski definition) is 3. The second kappa shape index (κ2) is 7.58. The molecule has 0 bridgehead atoms. The summed E-state index contributed by atoms with van der Waals surface area (Å²) in [4.78, 5) is 23.0. The van der Waals surface area contributed by atoms with Gasteiger partial charge in [-0.3, -0.25) is 10.2 Å². The molecule has 2 aromatic rings. The quantitative estimate of drug-likeness (QED) is 0.337. The number of aryl methyl sites for hydroxylation is 1. The van der Waals surface area contributed by atoms with Crippen molar-refractivity contribution in [3.63, 3.8) is 0 Å². The molecule has 7 nitrogen and oxygen atoms in total. The molecule has 0 spiro atoms. The molecule has 126 valence electrons. The number of carbonyl (C=O) groups is 2. The molecule has 7 heteroatoms. The van der Waals surface area contributed by atoms with Crippen LogP contribution in [0.2, 0.25) is 0 Å². The SMILES string of the molecule is CC(=O)c1ccc(OCc2ccccc2N(N)C(=O)NN)c(C)c1. The summed E-state index contributed by atoms with van der Waals surface area (Å²) in [5.74, 6) is 11.5. The fourth-order valence-electron chi connectivity index (χ4n) is 2.23. The van der Waals surface area contributed by atoms with E-state index in [2.05, 4.69) is 0 Å². The molecule has 0 aromatic heterocycles. The van der Waals surface area contributed by atoms with Gasteiger partial charge in [0, 0.05) is 11.1 Å². The first-order valence-corrected chi connectivity index (χ1v) is 7.31. The topological polar surface area (TPSA) is 111 Å². The van der Waals surface area contributed by atoms with Gasteiger partial charge in [-0.25, -0.2) is 21.5 Å². The van der Waals surface area contributed by atoms with Crippen molar-refractivity contribution < 1.29 is 14.3 Å². The van der Waals surface area contributed by atoms with Gasteiger partial charge in [-0.05, 0) is 43.7 Å². The van der Waals surface area contributed by atoms with Crippen molar-refractivity contribution in [2.24, 2.45) is 11.7 Å². The summed E-state index contributed by atoms with van der Waals surface area (Å²) < 4.78 is 5.81. The van der Waals surface area contributed by atoms with Gasteiger partial charge < -0.3 is 4.74 Å². The number of carbonyl (C=O) groups excluding carboxylic acids is 2. The van der Waals surface area contributed by atoms with E-state index in [0.29, 0.717) is 17.0 Å². The van der Waals surface area contributed by atoms with Gasteiger partial charge in [0.1, 0.15) is 12.4 Å². The van der Waals surface area contributed by atoms with Gasteiger partial charge in [-0.1, -0.05) is 18.2 Å². The van der Waals surface area contributed by atoms with E-state index in [4.69, 9.17) is 16.4 Å². The first kappa shape index (κ1) is 17.5. The van der Waals surface area contributed by atoms with Crippen molar-refractivity contribution >= 4 is 17.5 Å². The number of para-hydroxylation sites is 1. The number of hydrogen-bond acceptors (Lipinski definition) is 5. The molecule has 5 N–H and O–H groups in total. The minimum absolute atomic E-state index is 0.00145. The van der Waals surface area contributed by atoms with Crippen LogP contribution in [0, 0.1) is 6.92 Å². The molecule has 0 saturated carbocycles. The third kappa shape index (κ3) is 3.89. The molecule has 0 aliphatic carbocycles. The lowest BCUT2D eigenvalue weighted by molar-refractivity contribution is 0.101. The normalized spacial score (nSPS) is 10.2. The maximum atomic E-state index is 11.6. The van der Waals surface area contributed by atoms with Crippen LogP contribution >= 0.6 is 0 Å². The summed E-state index contributed by atoms with van der Waals surface area (Å²) in [5, 5.41) is 0.921. The lowest BCUT2D eigenvalue weighted by Crippen LogP contribution is -2.48. The minimum Gasteiger partial charge on any atom is -0.489 e. The number of rotatable bonds is 5. The number of nitrogens with two attached hydrogens (primary N) is 2. The maximum Gasteiger partial charge on any atom is 0.350 e. The Hall–Kier alpha value is -2.90. The second-order valence-corrected chi connectivity index (χ2v) is 5.27. The molecule has 0 fully saturated rings. The van der Waals surface area contributed by atoms with E-state index in [9.17, 15) is 9.59 Å². The third-order valence-corrected chi connectivity index (χ3v) is 3.56. The molecule has 2 aromatic carbocycles. The number of amides is 2. The van der Waals surface area contributed by atoms with Gasteiger partial charge in [0.2, 0.25) is 0 Å².